The number of aromatic nitrogens is 4. The number of pyridine rings is 2. The van der Waals surface area contributed by atoms with Gasteiger partial charge in [-0.1, -0.05) is 0 Å². The zero-order chi connectivity index (χ0) is 25.0. The summed E-state index contributed by atoms with van der Waals surface area (Å²) in [5, 5.41) is 4.60. The molecule has 1 amide bonds. The third-order valence-electron chi connectivity index (χ3n) is 7.40. The van der Waals surface area contributed by atoms with Gasteiger partial charge in [0.25, 0.3) is 17.0 Å². The third-order valence-corrected chi connectivity index (χ3v) is 7.40. The van der Waals surface area contributed by atoms with E-state index in [0.29, 0.717) is 16.6 Å². The Kier molecular flexibility index (Phi) is 5.17. The fraction of sp³-hybridized carbons (Fsp3) is 0.250. The largest absolute Gasteiger partial charge is 0.361 e. The van der Waals surface area contributed by atoms with Gasteiger partial charge in [-0.15, -0.1) is 0 Å². The van der Waals surface area contributed by atoms with Crippen molar-refractivity contribution in [3.8, 4) is 11.1 Å². The summed E-state index contributed by atoms with van der Waals surface area (Å²) in [5.41, 5.74) is 7.17. The van der Waals surface area contributed by atoms with Gasteiger partial charge in [-0.25, -0.2) is 0 Å². The van der Waals surface area contributed by atoms with Crippen LogP contribution in [0.5, 0.6) is 0 Å². The van der Waals surface area contributed by atoms with Gasteiger partial charge in [0.2, 0.25) is 0 Å². The zero-order valence-electron chi connectivity index (χ0n) is 20.2. The van der Waals surface area contributed by atoms with Crippen molar-refractivity contribution in [3.05, 3.63) is 91.5 Å². The first-order valence-corrected chi connectivity index (χ1v) is 12.2. The van der Waals surface area contributed by atoms with Crippen LogP contribution in [0, 0.1) is 6.92 Å². The van der Waals surface area contributed by atoms with Crippen molar-refractivity contribution in [3.63, 3.8) is 0 Å². The highest BCUT2D eigenvalue weighted by atomic mass is 16.2. The zero-order valence-corrected chi connectivity index (χ0v) is 20.2. The first-order chi connectivity index (χ1) is 17.4. The SMILES string of the molecule is Cc1[nH]c(=O)c(CNC(=O)c2cc(-c3cn(C)c(=O)c4[nH]ccc34)cc3[nH]ccc23)c2c1CCCC2. The van der Waals surface area contributed by atoms with Crippen LogP contribution in [0.25, 0.3) is 32.9 Å². The molecule has 0 unspecified atom stereocenters. The summed E-state index contributed by atoms with van der Waals surface area (Å²) in [6.45, 7) is 2.12. The maximum absolute atomic E-state index is 13.5. The Hall–Kier alpha value is -4.33. The van der Waals surface area contributed by atoms with Gasteiger partial charge in [-0.05, 0) is 73.6 Å². The average Bonchev–Trinajstić information content (AvgIpc) is 3.55. The summed E-state index contributed by atoms with van der Waals surface area (Å²) < 4.78 is 1.54. The number of benzene rings is 1. The minimum absolute atomic E-state index is 0.107. The number of aryl methyl sites for hydroxylation is 2. The lowest BCUT2D eigenvalue weighted by atomic mass is 9.88. The molecule has 1 aromatic carbocycles. The Bertz CT molecular complexity index is 1780. The van der Waals surface area contributed by atoms with E-state index in [9.17, 15) is 14.4 Å². The number of amides is 1. The van der Waals surface area contributed by atoms with Gasteiger partial charge in [0, 0.05) is 70.9 Å². The normalized spacial score (nSPS) is 13.3. The van der Waals surface area contributed by atoms with E-state index in [0.717, 1.165) is 64.4 Å². The Morgan fingerprint density at radius 2 is 1.78 bits per heavy atom. The number of H-pyrrole nitrogens is 3. The van der Waals surface area contributed by atoms with E-state index in [-0.39, 0.29) is 23.6 Å². The molecule has 1 aliphatic carbocycles. The van der Waals surface area contributed by atoms with Crippen LogP contribution in [-0.4, -0.2) is 25.4 Å². The van der Waals surface area contributed by atoms with Crippen LogP contribution in [0.2, 0.25) is 0 Å². The Labute approximate surface area is 206 Å². The molecule has 4 heterocycles. The van der Waals surface area contributed by atoms with Crippen molar-refractivity contribution < 1.29 is 4.79 Å². The van der Waals surface area contributed by atoms with Crippen LogP contribution >= 0.6 is 0 Å². The highest BCUT2D eigenvalue weighted by Gasteiger charge is 2.21. The maximum Gasteiger partial charge on any atom is 0.274 e. The van der Waals surface area contributed by atoms with Gasteiger partial charge in [0.1, 0.15) is 5.52 Å². The van der Waals surface area contributed by atoms with Gasteiger partial charge < -0.3 is 24.8 Å². The second-order valence-corrected chi connectivity index (χ2v) is 9.59. The van der Waals surface area contributed by atoms with Crippen LogP contribution in [-0.2, 0) is 26.4 Å². The summed E-state index contributed by atoms with van der Waals surface area (Å²) in [6.07, 6.45) is 9.33. The van der Waals surface area contributed by atoms with Gasteiger partial charge in [0.15, 0.2) is 0 Å². The fourth-order valence-electron chi connectivity index (χ4n) is 5.57. The highest BCUT2D eigenvalue weighted by Crippen LogP contribution is 2.31. The first-order valence-electron chi connectivity index (χ1n) is 12.2. The lowest BCUT2D eigenvalue weighted by Crippen LogP contribution is -2.30. The van der Waals surface area contributed by atoms with E-state index in [1.165, 1.54) is 5.56 Å². The molecule has 0 bridgehead atoms. The molecule has 36 heavy (non-hydrogen) atoms. The lowest BCUT2D eigenvalue weighted by molar-refractivity contribution is 0.0952. The van der Waals surface area contributed by atoms with E-state index in [4.69, 9.17) is 0 Å². The molecule has 4 aromatic heterocycles. The summed E-state index contributed by atoms with van der Waals surface area (Å²) in [4.78, 5) is 48.0. The van der Waals surface area contributed by atoms with Gasteiger partial charge in [-0.3, -0.25) is 14.4 Å². The Balaban J connectivity index is 1.40. The second-order valence-electron chi connectivity index (χ2n) is 9.59. The molecule has 0 saturated heterocycles. The number of fused-ring (bicyclic) bond motifs is 3. The third kappa shape index (κ3) is 3.48. The fourth-order valence-corrected chi connectivity index (χ4v) is 5.57. The minimum Gasteiger partial charge on any atom is -0.361 e. The minimum atomic E-state index is -0.249. The Morgan fingerprint density at radius 1 is 1.03 bits per heavy atom. The molecule has 0 radical (unpaired) electrons. The highest BCUT2D eigenvalue weighted by molar-refractivity contribution is 6.09. The summed E-state index contributed by atoms with van der Waals surface area (Å²) in [5.74, 6) is -0.249. The molecule has 8 heteroatoms. The predicted molar refractivity (Wildman–Crippen MR) is 140 cm³/mol. The van der Waals surface area contributed by atoms with Gasteiger partial charge in [-0.2, -0.15) is 0 Å². The van der Waals surface area contributed by atoms with Crippen LogP contribution < -0.4 is 16.4 Å². The molecule has 1 aliphatic rings. The van der Waals surface area contributed by atoms with Crippen LogP contribution in [0.4, 0.5) is 0 Å². The molecule has 0 aliphatic heterocycles. The molecule has 0 spiro atoms. The summed E-state index contributed by atoms with van der Waals surface area (Å²) in [7, 11) is 1.71. The summed E-state index contributed by atoms with van der Waals surface area (Å²) >= 11 is 0. The van der Waals surface area contributed by atoms with Crippen molar-refractivity contribution in [1.29, 1.82) is 0 Å². The average molecular weight is 482 g/mol. The van der Waals surface area contributed by atoms with Gasteiger partial charge >= 0.3 is 0 Å². The number of rotatable bonds is 4. The molecule has 4 N–H and O–H groups in total. The molecule has 0 atom stereocenters. The van der Waals surface area contributed by atoms with Crippen LogP contribution in [0.1, 0.15) is 45.6 Å². The van der Waals surface area contributed by atoms with Crippen molar-refractivity contribution >= 4 is 27.7 Å². The molecule has 6 rings (SSSR count). The van der Waals surface area contributed by atoms with Gasteiger partial charge in [0.05, 0.1) is 0 Å². The molecule has 0 saturated carbocycles. The maximum atomic E-state index is 13.5. The van der Waals surface area contributed by atoms with Crippen molar-refractivity contribution in [1.82, 2.24) is 24.8 Å². The van der Waals surface area contributed by atoms with E-state index in [1.54, 1.807) is 30.2 Å². The number of hydrogen-bond donors (Lipinski definition) is 4. The van der Waals surface area contributed by atoms with Crippen molar-refractivity contribution in [2.45, 2.75) is 39.2 Å². The quantitative estimate of drug-likeness (QED) is 0.313. The number of carbonyl (C=O) groups is 1. The smallest absolute Gasteiger partial charge is 0.274 e. The van der Waals surface area contributed by atoms with E-state index in [1.807, 2.05) is 31.2 Å². The van der Waals surface area contributed by atoms with Crippen LogP contribution in [0.3, 0.4) is 0 Å². The molecule has 8 nitrogen and oxygen atoms in total. The molecular formula is C28H27N5O3. The molecule has 5 aromatic rings. The van der Waals surface area contributed by atoms with Crippen molar-refractivity contribution in [2.24, 2.45) is 7.05 Å². The van der Waals surface area contributed by atoms with E-state index >= 15 is 0 Å². The molecular weight excluding hydrogens is 454 g/mol. The predicted octanol–water partition coefficient (Wildman–Crippen LogP) is 3.82. The second kappa shape index (κ2) is 8.41. The first kappa shape index (κ1) is 22.2. The van der Waals surface area contributed by atoms with E-state index in [2.05, 4.69) is 20.3 Å². The van der Waals surface area contributed by atoms with Crippen molar-refractivity contribution in [2.75, 3.05) is 0 Å². The number of hydrogen-bond acceptors (Lipinski definition) is 3. The molecule has 182 valence electrons. The number of nitrogens with one attached hydrogen (secondary N) is 4. The Morgan fingerprint density at radius 3 is 2.61 bits per heavy atom. The topological polar surface area (TPSA) is 116 Å². The number of carbonyl (C=O) groups excluding carboxylic acids is 1. The number of nitrogens with zero attached hydrogens (tertiary/aromatic N) is 1. The standard InChI is InChI=1S/C28H27N5O3/c1-15-17-5-3-4-6-18(17)22(27(35)32-15)13-31-26(34)21-11-16(12-24-19(21)7-9-29-24)23-14-33(2)28(36)25-20(23)8-10-30-25/h7-12,14,29-30H,3-6,13H2,1-2H3,(H,31,34)(H,32,35). The van der Waals surface area contributed by atoms with Crippen LogP contribution in [0.15, 0.2) is 52.4 Å². The number of aromatic amines is 3. The summed E-state index contributed by atoms with van der Waals surface area (Å²) in [6, 6.07) is 7.59. The lowest BCUT2D eigenvalue weighted by Gasteiger charge is -2.21. The monoisotopic (exact) mass is 481 g/mol. The van der Waals surface area contributed by atoms with E-state index < -0.39 is 0 Å². The molecule has 0 fully saturated rings.